The third kappa shape index (κ3) is 7.10. The van der Waals surface area contributed by atoms with E-state index in [1.807, 2.05) is 0 Å². The van der Waals surface area contributed by atoms with E-state index in [2.05, 4.69) is 0 Å². The molecule has 14 nitrogen and oxygen atoms in total. The Hall–Kier alpha value is -5.74. The minimum atomic E-state index is -1.61. The number of halogens is 2. The number of esters is 2. The van der Waals surface area contributed by atoms with E-state index in [1.165, 1.54) is 30.3 Å². The number of benzene rings is 4. The maximum absolute atomic E-state index is 14.0. The van der Waals surface area contributed by atoms with Crippen LogP contribution in [-0.4, -0.2) is 94.8 Å². The van der Waals surface area contributed by atoms with Gasteiger partial charge in [0.15, 0.2) is 12.2 Å². The molecule has 0 amide bonds. The van der Waals surface area contributed by atoms with Crippen LogP contribution in [0, 0.1) is 13.8 Å². The Morgan fingerprint density at radius 3 is 1.40 bits per heavy atom. The first-order valence-corrected chi connectivity index (χ1v) is 20.5. The Morgan fingerprint density at radius 1 is 0.629 bits per heavy atom. The van der Waals surface area contributed by atoms with Gasteiger partial charge in [-0.05, 0) is 110 Å². The summed E-state index contributed by atoms with van der Waals surface area (Å²) in [5, 5.41) is 13.7. The number of nitrogens with zero attached hydrogens (tertiary/aromatic N) is 2. The minimum Gasteiger partial charge on any atom is -0.497 e. The van der Waals surface area contributed by atoms with Crippen LogP contribution in [0.25, 0.3) is 21.8 Å². The standard InChI is InChI=1S/C46H40Cl2N2O12/c1-22-30(32-18-28(56-4)14-16-34(32)49(22)44(54)24-6-10-26(47)11-7-24)20-36(51)58-41-39-38(53)40-42(43(41)62-46(3,60-39)61-40)59-37(52)21-31-23(2)50(35-17-15-29(57-5)19-33(31)35)45(55)25-8-12-27(48)13-9-25/h6-19,38-43,53H,20-21H2,1-5H3/t38?,39-,40+,41-,42-,43?,46?/m1/s1. The SMILES string of the molecule is COc1ccc2c(c1)c(CC(=O)O[C@H]1C3OC4(C)O[C@@H]1C(O)[C@H](O4)[C@H]3OC(=O)Cc1c(C)n(C(=O)c3ccc(Cl)cc3)c3ccc(OC)cc13)c(C)n2C(=O)c1ccc(Cl)cc1. The van der Waals surface area contributed by atoms with Crippen LogP contribution < -0.4 is 9.47 Å². The Bertz CT molecular complexity index is 2610. The molecule has 3 unspecified atom stereocenters. The molecular formula is C46H40Cl2N2O12. The summed E-state index contributed by atoms with van der Waals surface area (Å²) in [6, 6.07) is 23.4. The lowest BCUT2D eigenvalue weighted by molar-refractivity contribution is -0.530. The zero-order chi connectivity index (χ0) is 43.8. The molecule has 1 saturated carbocycles. The highest BCUT2D eigenvalue weighted by molar-refractivity contribution is 6.31. The second kappa shape index (κ2) is 15.9. The number of carbonyl (C=O) groups excluding carboxylic acids is 4. The van der Waals surface area contributed by atoms with Gasteiger partial charge in [-0.3, -0.25) is 28.3 Å². The minimum absolute atomic E-state index is 0.286. The summed E-state index contributed by atoms with van der Waals surface area (Å²) in [6.07, 6.45) is -7.68. The monoisotopic (exact) mass is 882 g/mol. The van der Waals surface area contributed by atoms with Gasteiger partial charge in [0.2, 0.25) is 0 Å². The van der Waals surface area contributed by atoms with Crippen molar-refractivity contribution in [2.24, 2.45) is 0 Å². The molecule has 4 fully saturated rings. The average molecular weight is 884 g/mol. The highest BCUT2D eigenvalue weighted by atomic mass is 35.5. The number of rotatable bonds is 10. The van der Waals surface area contributed by atoms with Gasteiger partial charge < -0.3 is 38.3 Å². The van der Waals surface area contributed by atoms with Gasteiger partial charge in [0.05, 0.1) is 38.1 Å². The predicted octanol–water partition coefficient (Wildman–Crippen LogP) is 6.75. The largest absolute Gasteiger partial charge is 0.497 e. The lowest BCUT2D eigenvalue weighted by Crippen LogP contribution is -2.79. The van der Waals surface area contributed by atoms with Crippen molar-refractivity contribution < 1.29 is 57.4 Å². The van der Waals surface area contributed by atoms with E-state index in [-0.39, 0.29) is 24.7 Å². The summed E-state index contributed by atoms with van der Waals surface area (Å²) in [4.78, 5) is 55.9. The predicted molar refractivity (Wildman–Crippen MR) is 225 cm³/mol. The van der Waals surface area contributed by atoms with E-state index >= 15 is 0 Å². The number of aliphatic hydroxyl groups excluding tert-OH is 1. The average Bonchev–Trinajstić information content (AvgIpc) is 3.68. The van der Waals surface area contributed by atoms with Gasteiger partial charge >= 0.3 is 11.9 Å². The van der Waals surface area contributed by atoms with E-state index in [0.29, 0.717) is 77.0 Å². The quantitative estimate of drug-likeness (QED) is 0.144. The Labute approximate surface area is 364 Å². The molecule has 4 aromatic carbocycles. The molecule has 5 heterocycles. The van der Waals surface area contributed by atoms with E-state index < -0.39 is 54.5 Å². The molecule has 10 rings (SSSR count). The van der Waals surface area contributed by atoms with Crippen LogP contribution in [0.5, 0.6) is 11.5 Å². The van der Waals surface area contributed by atoms with E-state index in [1.54, 1.807) is 98.8 Å². The fourth-order valence-electron chi connectivity index (χ4n) is 8.90. The molecule has 4 aliphatic rings. The number of carbonyl (C=O) groups is 4. The van der Waals surface area contributed by atoms with Crippen molar-refractivity contribution in [1.29, 1.82) is 0 Å². The zero-order valence-electron chi connectivity index (χ0n) is 34.0. The van der Waals surface area contributed by atoms with Crippen molar-refractivity contribution in [2.45, 2.75) is 76.2 Å². The summed E-state index contributed by atoms with van der Waals surface area (Å²) >= 11 is 12.2. The zero-order valence-corrected chi connectivity index (χ0v) is 35.6. The van der Waals surface area contributed by atoms with Gasteiger partial charge in [0, 0.05) is 50.3 Å². The topological polar surface area (TPSA) is 163 Å². The fraction of sp³-hybridized carbons (Fsp3) is 0.304. The number of aliphatic hydroxyl groups is 1. The van der Waals surface area contributed by atoms with Crippen LogP contribution in [0.2, 0.25) is 10.0 Å². The number of fused-ring (bicyclic) bond motifs is 2. The van der Waals surface area contributed by atoms with Crippen molar-refractivity contribution in [2.75, 3.05) is 14.2 Å². The molecule has 320 valence electrons. The Balaban J connectivity index is 0.990. The Kier molecular flexibility index (Phi) is 10.6. The summed E-state index contributed by atoms with van der Waals surface area (Å²) in [6.45, 7) is 4.99. The molecule has 3 aliphatic heterocycles. The van der Waals surface area contributed by atoms with Crippen molar-refractivity contribution in [3.8, 4) is 11.5 Å². The summed E-state index contributed by atoms with van der Waals surface area (Å²) < 4.78 is 44.3. The number of methoxy groups -OCH3 is 2. The number of aromatic nitrogens is 2. The molecule has 16 heteroatoms. The van der Waals surface area contributed by atoms with Gasteiger partial charge in [0.25, 0.3) is 17.8 Å². The Morgan fingerprint density at radius 2 is 1.02 bits per heavy atom. The summed E-state index contributed by atoms with van der Waals surface area (Å²) in [5.74, 6) is -2.68. The maximum atomic E-state index is 14.0. The van der Waals surface area contributed by atoms with Crippen molar-refractivity contribution in [3.05, 3.63) is 129 Å². The van der Waals surface area contributed by atoms with Crippen LogP contribution in [0.3, 0.4) is 0 Å². The normalized spacial score (nSPS) is 23.7. The van der Waals surface area contributed by atoms with Gasteiger partial charge in [-0.25, -0.2) is 0 Å². The van der Waals surface area contributed by atoms with Gasteiger partial charge in [0.1, 0.15) is 35.9 Å². The van der Waals surface area contributed by atoms with Crippen LogP contribution in [0.15, 0.2) is 84.9 Å². The first kappa shape index (κ1) is 41.6. The highest BCUT2D eigenvalue weighted by Crippen LogP contribution is 2.47. The molecule has 1 aliphatic carbocycles. The van der Waals surface area contributed by atoms with Gasteiger partial charge in [-0.15, -0.1) is 0 Å². The third-order valence-corrected chi connectivity index (χ3v) is 12.4. The second-order valence-corrected chi connectivity index (χ2v) is 16.4. The van der Waals surface area contributed by atoms with Gasteiger partial charge in [-0.2, -0.15) is 0 Å². The van der Waals surface area contributed by atoms with Crippen molar-refractivity contribution >= 4 is 68.8 Å². The molecule has 0 spiro atoms. The molecule has 4 bridgehead atoms. The van der Waals surface area contributed by atoms with Crippen molar-refractivity contribution in [3.63, 3.8) is 0 Å². The maximum Gasteiger partial charge on any atom is 0.310 e. The van der Waals surface area contributed by atoms with Crippen LogP contribution in [0.1, 0.15) is 50.2 Å². The molecule has 7 atom stereocenters. The second-order valence-electron chi connectivity index (χ2n) is 15.6. The first-order valence-electron chi connectivity index (χ1n) is 19.8. The van der Waals surface area contributed by atoms with E-state index in [4.69, 9.17) is 56.4 Å². The van der Waals surface area contributed by atoms with Crippen molar-refractivity contribution in [1.82, 2.24) is 9.13 Å². The van der Waals surface area contributed by atoms with E-state index in [0.717, 1.165) is 0 Å². The van der Waals surface area contributed by atoms with Gasteiger partial charge in [-0.1, -0.05) is 23.2 Å². The number of ether oxygens (including phenoxy) is 7. The highest BCUT2D eigenvalue weighted by Gasteiger charge is 2.68. The lowest BCUT2D eigenvalue weighted by atomic mass is 9.81. The molecule has 0 radical (unpaired) electrons. The molecule has 62 heavy (non-hydrogen) atoms. The van der Waals surface area contributed by atoms with E-state index in [9.17, 15) is 24.3 Å². The van der Waals surface area contributed by atoms with Crippen LogP contribution in [0.4, 0.5) is 0 Å². The number of hydrogen-bond donors (Lipinski definition) is 1. The lowest BCUT2D eigenvalue weighted by Gasteiger charge is -2.60. The molecule has 2 aromatic heterocycles. The smallest absolute Gasteiger partial charge is 0.310 e. The summed E-state index contributed by atoms with van der Waals surface area (Å²) in [7, 11) is 3.03. The first-order chi connectivity index (χ1) is 29.7. The summed E-state index contributed by atoms with van der Waals surface area (Å²) in [5.41, 5.74) is 3.89. The third-order valence-electron chi connectivity index (χ3n) is 11.9. The van der Waals surface area contributed by atoms with Crippen LogP contribution >= 0.6 is 23.2 Å². The molecule has 1 N–H and O–H groups in total. The molecule has 3 saturated heterocycles. The molecule has 6 aromatic rings. The van der Waals surface area contributed by atoms with Crippen LogP contribution in [-0.2, 0) is 46.1 Å². The fourth-order valence-corrected chi connectivity index (χ4v) is 9.16. The number of hydrogen-bond acceptors (Lipinski definition) is 12. The molecular weight excluding hydrogens is 843 g/mol.